The van der Waals surface area contributed by atoms with Gasteiger partial charge in [-0.15, -0.1) is 6.58 Å². The van der Waals surface area contributed by atoms with Crippen LogP contribution in [0.1, 0.15) is 18.5 Å². The van der Waals surface area contributed by atoms with Crippen LogP contribution in [-0.4, -0.2) is 28.0 Å². The highest BCUT2D eigenvalue weighted by atomic mass is 32.2. The maximum atomic E-state index is 12.8. The minimum Gasteiger partial charge on any atom is -0.454 e. The van der Waals surface area contributed by atoms with Crippen LogP contribution >= 0.6 is 11.8 Å². The van der Waals surface area contributed by atoms with E-state index >= 15 is 0 Å². The first-order valence-corrected chi connectivity index (χ1v) is 10.5. The number of ether oxygens (including phenoxy) is 2. The molecule has 1 aliphatic rings. The van der Waals surface area contributed by atoms with Gasteiger partial charge < -0.3 is 14.8 Å². The average molecular weight is 423 g/mol. The Morgan fingerprint density at radius 1 is 1.30 bits per heavy atom. The molecule has 7 nitrogen and oxygen atoms in total. The van der Waals surface area contributed by atoms with Crippen LogP contribution in [0.25, 0.3) is 10.9 Å². The third kappa shape index (κ3) is 4.04. The molecule has 0 saturated carbocycles. The van der Waals surface area contributed by atoms with Crippen molar-refractivity contribution in [1.29, 1.82) is 0 Å². The molecule has 1 aliphatic heterocycles. The minimum absolute atomic E-state index is 0.136. The zero-order valence-corrected chi connectivity index (χ0v) is 17.3. The zero-order valence-electron chi connectivity index (χ0n) is 16.5. The van der Waals surface area contributed by atoms with E-state index < -0.39 is 0 Å². The summed E-state index contributed by atoms with van der Waals surface area (Å²) < 4.78 is 12.2. The van der Waals surface area contributed by atoms with Crippen molar-refractivity contribution in [2.45, 2.75) is 24.7 Å². The number of carbonyl (C=O) groups is 1. The number of rotatable bonds is 7. The van der Waals surface area contributed by atoms with Crippen LogP contribution in [0.3, 0.4) is 0 Å². The molecule has 0 aliphatic carbocycles. The van der Waals surface area contributed by atoms with E-state index in [0.717, 1.165) is 5.56 Å². The quantitative estimate of drug-likeness (QED) is 0.357. The van der Waals surface area contributed by atoms with Crippen molar-refractivity contribution in [3.05, 3.63) is 71.0 Å². The van der Waals surface area contributed by atoms with Crippen LogP contribution in [0.15, 0.2) is 65.1 Å². The number of carbonyl (C=O) groups excluding carboxylic acids is 1. The second-order valence-electron chi connectivity index (χ2n) is 6.81. The van der Waals surface area contributed by atoms with E-state index in [9.17, 15) is 9.59 Å². The van der Waals surface area contributed by atoms with Gasteiger partial charge in [0.2, 0.25) is 12.7 Å². The fourth-order valence-corrected chi connectivity index (χ4v) is 4.05. The fourth-order valence-electron chi connectivity index (χ4n) is 3.23. The van der Waals surface area contributed by atoms with Gasteiger partial charge >= 0.3 is 0 Å². The second kappa shape index (κ2) is 8.62. The summed E-state index contributed by atoms with van der Waals surface area (Å²) in [5, 5.41) is 4.01. The van der Waals surface area contributed by atoms with Gasteiger partial charge in [-0.2, -0.15) is 0 Å². The molecule has 30 heavy (non-hydrogen) atoms. The van der Waals surface area contributed by atoms with Crippen LogP contribution < -0.4 is 20.3 Å². The molecule has 0 bridgehead atoms. The lowest BCUT2D eigenvalue weighted by Gasteiger charge is -2.15. The van der Waals surface area contributed by atoms with Crippen LogP contribution in [0.5, 0.6) is 11.5 Å². The highest BCUT2D eigenvalue weighted by molar-refractivity contribution is 7.99. The van der Waals surface area contributed by atoms with Crippen LogP contribution in [0.2, 0.25) is 0 Å². The molecule has 1 N–H and O–H groups in total. The maximum absolute atomic E-state index is 12.8. The van der Waals surface area contributed by atoms with Crippen LogP contribution in [0.4, 0.5) is 0 Å². The molecule has 2 aromatic carbocycles. The summed E-state index contributed by atoms with van der Waals surface area (Å²) >= 11 is 1.23. The molecule has 0 spiro atoms. The Balaban J connectivity index is 1.47. The van der Waals surface area contributed by atoms with Crippen molar-refractivity contribution in [2.24, 2.45) is 0 Å². The first kappa shape index (κ1) is 20.0. The number of thioether (sulfide) groups is 1. The van der Waals surface area contributed by atoms with Crippen molar-refractivity contribution in [2.75, 3.05) is 12.5 Å². The highest BCUT2D eigenvalue weighted by Crippen LogP contribution is 2.34. The van der Waals surface area contributed by atoms with Crippen molar-refractivity contribution in [3.8, 4) is 11.5 Å². The lowest BCUT2D eigenvalue weighted by atomic mass is 10.1. The van der Waals surface area contributed by atoms with Crippen molar-refractivity contribution >= 4 is 28.6 Å². The lowest BCUT2D eigenvalue weighted by molar-refractivity contribution is -0.119. The molecule has 4 rings (SSSR count). The van der Waals surface area contributed by atoms with E-state index in [1.165, 1.54) is 16.3 Å². The monoisotopic (exact) mass is 423 g/mol. The van der Waals surface area contributed by atoms with Gasteiger partial charge in [0.05, 0.1) is 22.7 Å². The zero-order chi connectivity index (χ0) is 21.1. The summed E-state index contributed by atoms with van der Waals surface area (Å²) in [6, 6.07) is 12.6. The van der Waals surface area contributed by atoms with Gasteiger partial charge in [-0.1, -0.05) is 36.0 Å². The molecule has 1 aromatic heterocycles. The van der Waals surface area contributed by atoms with Crippen LogP contribution in [0, 0.1) is 0 Å². The Labute approximate surface area is 177 Å². The first-order valence-electron chi connectivity index (χ1n) is 9.49. The molecule has 8 heteroatoms. The van der Waals surface area contributed by atoms with Gasteiger partial charge in [0, 0.05) is 6.54 Å². The number of aromatic nitrogens is 2. The normalized spacial score (nSPS) is 13.2. The molecular weight excluding hydrogens is 402 g/mol. The summed E-state index contributed by atoms with van der Waals surface area (Å²) in [7, 11) is 0. The van der Waals surface area contributed by atoms with Crippen molar-refractivity contribution in [1.82, 2.24) is 14.9 Å². The maximum Gasteiger partial charge on any atom is 0.262 e. The third-order valence-electron chi connectivity index (χ3n) is 4.74. The van der Waals surface area contributed by atoms with Gasteiger partial charge in [-0.3, -0.25) is 14.2 Å². The van der Waals surface area contributed by atoms with Crippen molar-refractivity contribution in [3.63, 3.8) is 0 Å². The molecule has 154 valence electrons. The van der Waals surface area contributed by atoms with Crippen LogP contribution in [-0.2, 0) is 11.3 Å². The number of hydrogen-bond acceptors (Lipinski definition) is 6. The van der Waals surface area contributed by atoms with Crippen molar-refractivity contribution < 1.29 is 14.3 Å². The number of nitrogens with zero attached hydrogens (tertiary/aromatic N) is 2. The number of nitrogens with one attached hydrogen (secondary N) is 1. The molecular formula is C22H21N3O4S. The fraction of sp³-hybridized carbons (Fsp3) is 0.227. The first-order chi connectivity index (χ1) is 14.6. The largest absolute Gasteiger partial charge is 0.454 e. The Morgan fingerprint density at radius 3 is 2.93 bits per heavy atom. The Hall–Kier alpha value is -3.26. The number of amides is 1. The van der Waals surface area contributed by atoms with Gasteiger partial charge in [-0.25, -0.2) is 4.98 Å². The minimum atomic E-state index is -0.201. The summed E-state index contributed by atoms with van der Waals surface area (Å²) in [6.07, 6.45) is 1.64. The predicted molar refractivity (Wildman–Crippen MR) is 116 cm³/mol. The van der Waals surface area contributed by atoms with Gasteiger partial charge in [0.25, 0.3) is 5.56 Å². The van der Waals surface area contributed by atoms with Gasteiger partial charge in [-0.05, 0) is 36.8 Å². The summed E-state index contributed by atoms with van der Waals surface area (Å²) in [6.45, 7) is 6.16. The molecule has 1 unspecified atom stereocenters. The SMILES string of the molecule is C=CCn1c(SCC(=O)NC(C)c2ccc3c(c2)OCO3)nc2ccccc2c1=O. The Morgan fingerprint density at radius 2 is 2.10 bits per heavy atom. The molecule has 0 radical (unpaired) electrons. The molecule has 1 atom stereocenters. The van der Waals surface area contributed by atoms with Gasteiger partial charge in [0.1, 0.15) is 0 Å². The standard InChI is InChI=1S/C22H21N3O4S/c1-3-10-25-21(27)16-6-4-5-7-17(16)24-22(25)30-12-20(26)23-14(2)15-8-9-18-19(11-15)29-13-28-18/h3-9,11,14H,1,10,12-13H2,2H3,(H,23,26). The number of fused-ring (bicyclic) bond motifs is 2. The molecule has 0 fully saturated rings. The predicted octanol–water partition coefficient (Wildman–Crippen LogP) is 3.28. The smallest absolute Gasteiger partial charge is 0.262 e. The third-order valence-corrected chi connectivity index (χ3v) is 5.72. The van der Waals surface area contributed by atoms with E-state index in [2.05, 4.69) is 16.9 Å². The van der Waals surface area contributed by atoms with Gasteiger partial charge in [0.15, 0.2) is 16.7 Å². The van der Waals surface area contributed by atoms with E-state index in [4.69, 9.17) is 9.47 Å². The summed E-state index contributed by atoms with van der Waals surface area (Å²) in [5.41, 5.74) is 1.39. The number of allylic oxidation sites excluding steroid dienone is 1. The Kier molecular flexibility index (Phi) is 5.76. The summed E-state index contributed by atoms with van der Waals surface area (Å²) in [5.74, 6) is 1.36. The van der Waals surface area contributed by atoms with E-state index in [-0.39, 0.29) is 30.1 Å². The topological polar surface area (TPSA) is 82.5 Å². The second-order valence-corrected chi connectivity index (χ2v) is 7.75. The molecule has 2 heterocycles. The highest BCUT2D eigenvalue weighted by Gasteiger charge is 2.18. The van der Waals surface area contributed by atoms with E-state index in [0.29, 0.717) is 34.1 Å². The lowest BCUT2D eigenvalue weighted by Crippen LogP contribution is -2.29. The Bertz CT molecular complexity index is 1170. The molecule has 3 aromatic rings. The van der Waals surface area contributed by atoms with E-state index in [1.807, 2.05) is 31.2 Å². The van der Waals surface area contributed by atoms with E-state index in [1.54, 1.807) is 24.3 Å². The molecule has 1 amide bonds. The summed E-state index contributed by atoms with van der Waals surface area (Å²) in [4.78, 5) is 29.9. The number of hydrogen-bond donors (Lipinski definition) is 1. The number of benzene rings is 2. The number of para-hydroxylation sites is 1. The molecule has 0 saturated heterocycles. The average Bonchev–Trinajstić information content (AvgIpc) is 3.22.